The molecule has 1 aromatic carbocycles. The van der Waals surface area contributed by atoms with Gasteiger partial charge in [-0.15, -0.1) is 11.8 Å². The fourth-order valence-electron chi connectivity index (χ4n) is 1.48. The molecule has 0 atom stereocenters. The van der Waals surface area contributed by atoms with Crippen LogP contribution in [0.3, 0.4) is 0 Å². The van der Waals surface area contributed by atoms with Crippen LogP contribution in [0.15, 0.2) is 35.2 Å². The molecule has 0 radical (unpaired) electrons. The molecule has 0 unspecified atom stereocenters. The van der Waals surface area contributed by atoms with Gasteiger partial charge in [-0.2, -0.15) is 0 Å². The first-order valence-electron chi connectivity index (χ1n) is 5.82. The molecule has 1 N–H and O–H groups in total. The minimum atomic E-state index is 0.254. The van der Waals surface area contributed by atoms with Gasteiger partial charge in [-0.3, -0.25) is 4.79 Å². The standard InChI is InChI=1S/C13H17NOS/c15-13(11-7-8-11)14-9-4-10-16-12-5-2-1-3-6-12/h1-3,5-6,11H,4,7-10H2,(H,14,15). The van der Waals surface area contributed by atoms with Crippen molar-refractivity contribution in [2.45, 2.75) is 24.2 Å². The molecule has 1 aromatic rings. The Morgan fingerprint density at radius 1 is 1.31 bits per heavy atom. The lowest BCUT2D eigenvalue weighted by molar-refractivity contribution is -0.122. The zero-order chi connectivity index (χ0) is 11.2. The van der Waals surface area contributed by atoms with E-state index < -0.39 is 0 Å². The SMILES string of the molecule is O=C(NCCCSc1ccccc1)C1CC1. The molecule has 0 aromatic heterocycles. The summed E-state index contributed by atoms with van der Waals surface area (Å²) in [6, 6.07) is 10.4. The number of nitrogens with one attached hydrogen (secondary N) is 1. The highest BCUT2D eigenvalue weighted by Gasteiger charge is 2.28. The van der Waals surface area contributed by atoms with Crippen LogP contribution in [0.2, 0.25) is 0 Å². The third kappa shape index (κ3) is 3.89. The third-order valence-electron chi connectivity index (χ3n) is 2.58. The Bertz CT molecular complexity index is 335. The van der Waals surface area contributed by atoms with E-state index in [1.165, 1.54) is 4.90 Å². The van der Waals surface area contributed by atoms with Gasteiger partial charge in [-0.05, 0) is 37.1 Å². The summed E-state index contributed by atoms with van der Waals surface area (Å²) in [7, 11) is 0. The van der Waals surface area contributed by atoms with Crippen molar-refractivity contribution in [1.82, 2.24) is 5.32 Å². The highest BCUT2D eigenvalue weighted by atomic mass is 32.2. The zero-order valence-electron chi connectivity index (χ0n) is 9.32. The summed E-state index contributed by atoms with van der Waals surface area (Å²) in [4.78, 5) is 12.6. The fraction of sp³-hybridized carbons (Fsp3) is 0.462. The monoisotopic (exact) mass is 235 g/mol. The molecule has 0 heterocycles. The van der Waals surface area contributed by atoms with Crippen LogP contribution in [-0.4, -0.2) is 18.2 Å². The Morgan fingerprint density at radius 3 is 2.75 bits per heavy atom. The Labute approximate surface area is 101 Å². The van der Waals surface area contributed by atoms with Gasteiger partial charge in [0.05, 0.1) is 0 Å². The van der Waals surface area contributed by atoms with Crippen molar-refractivity contribution in [2.75, 3.05) is 12.3 Å². The van der Waals surface area contributed by atoms with Crippen molar-refractivity contribution in [2.24, 2.45) is 5.92 Å². The summed E-state index contributed by atoms with van der Waals surface area (Å²) >= 11 is 1.84. The number of hydrogen-bond donors (Lipinski definition) is 1. The number of thioether (sulfide) groups is 1. The van der Waals surface area contributed by atoms with E-state index in [0.717, 1.165) is 31.6 Å². The summed E-state index contributed by atoms with van der Waals surface area (Å²) in [6.45, 7) is 0.815. The maximum absolute atomic E-state index is 11.3. The molecule has 1 aliphatic carbocycles. The second kappa shape index (κ2) is 5.94. The van der Waals surface area contributed by atoms with Crippen LogP contribution < -0.4 is 5.32 Å². The minimum absolute atomic E-state index is 0.254. The average molecular weight is 235 g/mol. The normalized spacial score (nSPS) is 14.8. The maximum Gasteiger partial charge on any atom is 0.223 e. The molecular formula is C13H17NOS. The molecule has 2 rings (SSSR count). The molecule has 1 aliphatic rings. The number of hydrogen-bond acceptors (Lipinski definition) is 2. The largest absolute Gasteiger partial charge is 0.356 e. The molecule has 0 spiro atoms. The molecule has 0 bridgehead atoms. The number of carbonyl (C=O) groups excluding carboxylic acids is 1. The zero-order valence-corrected chi connectivity index (χ0v) is 10.1. The predicted octanol–water partition coefficient (Wildman–Crippen LogP) is 2.70. The van der Waals surface area contributed by atoms with Gasteiger partial charge in [0.2, 0.25) is 5.91 Å². The maximum atomic E-state index is 11.3. The molecule has 1 amide bonds. The molecule has 1 fully saturated rings. The second-order valence-corrected chi connectivity index (χ2v) is 5.25. The molecule has 0 saturated heterocycles. The van der Waals surface area contributed by atoms with E-state index in [4.69, 9.17) is 0 Å². The van der Waals surface area contributed by atoms with Gasteiger partial charge in [0.15, 0.2) is 0 Å². The van der Waals surface area contributed by atoms with Crippen molar-refractivity contribution in [3.05, 3.63) is 30.3 Å². The van der Waals surface area contributed by atoms with Crippen LogP contribution in [0.5, 0.6) is 0 Å². The van der Waals surface area contributed by atoms with E-state index in [2.05, 4.69) is 29.6 Å². The highest BCUT2D eigenvalue weighted by molar-refractivity contribution is 7.99. The number of benzene rings is 1. The van der Waals surface area contributed by atoms with E-state index in [0.29, 0.717) is 5.92 Å². The van der Waals surface area contributed by atoms with E-state index >= 15 is 0 Å². The quantitative estimate of drug-likeness (QED) is 0.607. The average Bonchev–Trinajstić information content (AvgIpc) is 3.13. The molecule has 2 nitrogen and oxygen atoms in total. The molecule has 0 aliphatic heterocycles. The summed E-state index contributed by atoms with van der Waals surface area (Å²) in [5.41, 5.74) is 0. The fourth-order valence-corrected chi connectivity index (χ4v) is 2.35. The topological polar surface area (TPSA) is 29.1 Å². The highest BCUT2D eigenvalue weighted by Crippen LogP contribution is 2.28. The van der Waals surface area contributed by atoms with Crippen LogP contribution in [-0.2, 0) is 4.79 Å². The summed E-state index contributed by atoms with van der Waals surface area (Å²) in [5.74, 6) is 1.65. The lowest BCUT2D eigenvalue weighted by Crippen LogP contribution is -2.26. The van der Waals surface area contributed by atoms with Gasteiger partial charge in [0.25, 0.3) is 0 Å². The number of amides is 1. The van der Waals surface area contributed by atoms with E-state index in [1.807, 2.05) is 17.8 Å². The van der Waals surface area contributed by atoms with Crippen LogP contribution in [0.1, 0.15) is 19.3 Å². The Balaban J connectivity index is 1.53. The van der Waals surface area contributed by atoms with Gasteiger partial charge in [-0.1, -0.05) is 18.2 Å². The van der Waals surface area contributed by atoms with Gasteiger partial charge < -0.3 is 5.32 Å². The minimum Gasteiger partial charge on any atom is -0.356 e. The lowest BCUT2D eigenvalue weighted by Gasteiger charge is -2.04. The summed E-state index contributed by atoms with van der Waals surface area (Å²) in [5, 5.41) is 2.98. The van der Waals surface area contributed by atoms with Crippen LogP contribution in [0.4, 0.5) is 0 Å². The van der Waals surface area contributed by atoms with Crippen LogP contribution >= 0.6 is 11.8 Å². The first-order chi connectivity index (χ1) is 7.86. The van der Waals surface area contributed by atoms with Gasteiger partial charge in [0.1, 0.15) is 0 Å². The molecule has 86 valence electrons. The van der Waals surface area contributed by atoms with Gasteiger partial charge >= 0.3 is 0 Å². The van der Waals surface area contributed by atoms with Gasteiger partial charge in [0, 0.05) is 17.4 Å². The third-order valence-corrected chi connectivity index (χ3v) is 3.68. The molecular weight excluding hydrogens is 218 g/mol. The summed E-state index contributed by atoms with van der Waals surface area (Å²) < 4.78 is 0. The molecule has 1 saturated carbocycles. The van der Waals surface area contributed by atoms with Crippen molar-refractivity contribution in [3.8, 4) is 0 Å². The first kappa shape index (κ1) is 11.5. The Morgan fingerprint density at radius 2 is 2.06 bits per heavy atom. The van der Waals surface area contributed by atoms with E-state index in [1.54, 1.807) is 0 Å². The molecule has 3 heteroatoms. The number of carbonyl (C=O) groups is 1. The van der Waals surface area contributed by atoms with E-state index in [9.17, 15) is 4.79 Å². The van der Waals surface area contributed by atoms with E-state index in [-0.39, 0.29) is 5.91 Å². The lowest BCUT2D eigenvalue weighted by atomic mass is 10.4. The first-order valence-corrected chi connectivity index (χ1v) is 6.80. The van der Waals surface area contributed by atoms with Crippen molar-refractivity contribution < 1.29 is 4.79 Å². The van der Waals surface area contributed by atoms with Crippen LogP contribution in [0.25, 0.3) is 0 Å². The van der Waals surface area contributed by atoms with Crippen molar-refractivity contribution in [1.29, 1.82) is 0 Å². The van der Waals surface area contributed by atoms with Crippen LogP contribution in [0, 0.1) is 5.92 Å². The second-order valence-electron chi connectivity index (χ2n) is 4.08. The van der Waals surface area contributed by atoms with Crippen molar-refractivity contribution in [3.63, 3.8) is 0 Å². The Kier molecular flexibility index (Phi) is 4.28. The smallest absolute Gasteiger partial charge is 0.223 e. The predicted molar refractivity (Wildman–Crippen MR) is 67.5 cm³/mol. The molecule has 16 heavy (non-hydrogen) atoms. The summed E-state index contributed by atoms with van der Waals surface area (Å²) in [6.07, 6.45) is 3.22. The van der Waals surface area contributed by atoms with Gasteiger partial charge in [-0.25, -0.2) is 0 Å². The number of rotatable bonds is 6. The Hall–Kier alpha value is -0.960. The van der Waals surface area contributed by atoms with Crippen molar-refractivity contribution >= 4 is 17.7 Å².